The topological polar surface area (TPSA) is 113 Å². The summed E-state index contributed by atoms with van der Waals surface area (Å²) in [4.78, 5) is 21.4. The maximum absolute atomic E-state index is 10.8. The third-order valence-corrected chi connectivity index (χ3v) is 2.20. The van der Waals surface area contributed by atoms with E-state index in [-0.39, 0.29) is 5.91 Å². The van der Waals surface area contributed by atoms with E-state index >= 15 is 0 Å². The van der Waals surface area contributed by atoms with Crippen molar-refractivity contribution >= 4 is 17.6 Å². The predicted molar refractivity (Wildman–Crippen MR) is 61.3 cm³/mol. The van der Waals surface area contributed by atoms with Gasteiger partial charge in [0.15, 0.2) is 0 Å². The lowest BCUT2D eigenvalue weighted by atomic mass is 10.0. The number of aliphatic carboxylic acids is 1. The van der Waals surface area contributed by atoms with Crippen LogP contribution in [0.4, 0.5) is 5.69 Å². The van der Waals surface area contributed by atoms with E-state index in [9.17, 15) is 14.7 Å². The van der Waals surface area contributed by atoms with Crippen LogP contribution in [0.1, 0.15) is 18.6 Å². The minimum Gasteiger partial charge on any atom is -0.480 e. The fourth-order valence-electron chi connectivity index (χ4n) is 1.31. The molecule has 0 fully saturated rings. The van der Waals surface area contributed by atoms with Gasteiger partial charge in [-0.05, 0) is 17.7 Å². The van der Waals surface area contributed by atoms with E-state index in [1.165, 1.54) is 19.1 Å². The first kappa shape index (κ1) is 13.1. The number of nitrogens with two attached hydrogens (primary N) is 1. The van der Waals surface area contributed by atoms with Gasteiger partial charge in [0.1, 0.15) is 12.1 Å². The molecule has 1 aromatic carbocycles. The molecule has 0 aliphatic carbocycles. The van der Waals surface area contributed by atoms with Gasteiger partial charge in [0.05, 0.1) is 0 Å². The second kappa shape index (κ2) is 5.42. The Hall–Kier alpha value is -1.92. The number of anilines is 1. The van der Waals surface area contributed by atoms with Gasteiger partial charge in [-0.25, -0.2) is 0 Å². The first-order chi connectivity index (χ1) is 7.91. The highest BCUT2D eigenvalue weighted by atomic mass is 16.4. The average molecular weight is 238 g/mol. The Balaban J connectivity index is 2.80. The number of carboxylic acid groups (broad SMARTS) is 1. The number of aliphatic hydroxyl groups is 1. The second-order valence-electron chi connectivity index (χ2n) is 3.61. The summed E-state index contributed by atoms with van der Waals surface area (Å²) in [5.74, 6) is -1.48. The molecule has 0 radical (unpaired) electrons. The van der Waals surface area contributed by atoms with Crippen LogP contribution in [0.15, 0.2) is 24.3 Å². The molecule has 1 aromatic rings. The van der Waals surface area contributed by atoms with Crippen molar-refractivity contribution in [3.63, 3.8) is 0 Å². The number of hydrogen-bond donors (Lipinski definition) is 4. The maximum Gasteiger partial charge on any atom is 0.323 e. The van der Waals surface area contributed by atoms with Gasteiger partial charge in [-0.15, -0.1) is 0 Å². The number of amides is 1. The zero-order valence-electron chi connectivity index (χ0n) is 9.25. The first-order valence-electron chi connectivity index (χ1n) is 4.96. The summed E-state index contributed by atoms with van der Waals surface area (Å²) in [7, 11) is 0. The van der Waals surface area contributed by atoms with Crippen LogP contribution >= 0.6 is 0 Å². The highest BCUT2D eigenvalue weighted by Crippen LogP contribution is 2.18. The fraction of sp³-hybridized carbons (Fsp3) is 0.273. The third kappa shape index (κ3) is 3.54. The van der Waals surface area contributed by atoms with E-state index < -0.39 is 18.1 Å². The lowest BCUT2D eigenvalue weighted by Crippen LogP contribution is -2.36. The van der Waals surface area contributed by atoms with Crippen LogP contribution in [-0.4, -0.2) is 28.1 Å². The number of aliphatic hydroxyl groups excluding tert-OH is 1. The Morgan fingerprint density at radius 1 is 1.29 bits per heavy atom. The van der Waals surface area contributed by atoms with E-state index in [0.29, 0.717) is 11.3 Å². The Kier molecular flexibility index (Phi) is 4.19. The fourth-order valence-corrected chi connectivity index (χ4v) is 1.31. The molecule has 0 aliphatic rings. The normalized spacial score (nSPS) is 13.8. The number of rotatable bonds is 4. The molecule has 6 nitrogen and oxygen atoms in total. The minimum absolute atomic E-state index is 0.208. The maximum atomic E-state index is 10.8. The number of hydrogen-bond acceptors (Lipinski definition) is 4. The van der Waals surface area contributed by atoms with Crippen LogP contribution in [0.3, 0.4) is 0 Å². The zero-order valence-corrected chi connectivity index (χ0v) is 9.25. The SMILES string of the molecule is CC(=O)Nc1ccc([C@H](O)[C@H](N)C(=O)O)cc1. The molecule has 2 atom stereocenters. The van der Waals surface area contributed by atoms with Crippen LogP contribution in [-0.2, 0) is 9.59 Å². The molecule has 1 rings (SSSR count). The molecular formula is C11H14N2O4. The van der Waals surface area contributed by atoms with Gasteiger partial charge in [0, 0.05) is 12.6 Å². The van der Waals surface area contributed by atoms with Crippen molar-refractivity contribution in [3.8, 4) is 0 Å². The molecule has 6 heteroatoms. The molecule has 0 heterocycles. The van der Waals surface area contributed by atoms with Crippen LogP contribution in [0.2, 0.25) is 0 Å². The smallest absolute Gasteiger partial charge is 0.323 e. The van der Waals surface area contributed by atoms with E-state index in [2.05, 4.69) is 5.32 Å². The Labute approximate surface area is 98.1 Å². The van der Waals surface area contributed by atoms with Crippen LogP contribution in [0, 0.1) is 0 Å². The molecule has 0 aliphatic heterocycles. The van der Waals surface area contributed by atoms with Gasteiger partial charge < -0.3 is 21.3 Å². The summed E-state index contributed by atoms with van der Waals surface area (Å²) >= 11 is 0. The van der Waals surface area contributed by atoms with Gasteiger partial charge >= 0.3 is 5.97 Å². The summed E-state index contributed by atoms with van der Waals surface area (Å²) in [6.07, 6.45) is -1.28. The van der Waals surface area contributed by atoms with Crippen molar-refractivity contribution in [2.45, 2.75) is 19.1 Å². The molecule has 0 spiro atoms. The number of carbonyl (C=O) groups excluding carboxylic acids is 1. The van der Waals surface area contributed by atoms with E-state index in [0.717, 1.165) is 0 Å². The monoisotopic (exact) mass is 238 g/mol. The molecular weight excluding hydrogens is 224 g/mol. The number of carboxylic acids is 1. The van der Waals surface area contributed by atoms with Gasteiger partial charge in [-0.1, -0.05) is 12.1 Å². The third-order valence-electron chi connectivity index (χ3n) is 2.20. The molecule has 0 aromatic heterocycles. The van der Waals surface area contributed by atoms with Crippen molar-refractivity contribution in [3.05, 3.63) is 29.8 Å². The molecule has 17 heavy (non-hydrogen) atoms. The lowest BCUT2D eigenvalue weighted by Gasteiger charge is -2.15. The van der Waals surface area contributed by atoms with E-state index in [1.807, 2.05) is 0 Å². The number of carbonyl (C=O) groups is 2. The van der Waals surface area contributed by atoms with Crippen molar-refractivity contribution in [2.24, 2.45) is 5.73 Å². The van der Waals surface area contributed by atoms with Gasteiger partial charge in [0.2, 0.25) is 5.91 Å². The van der Waals surface area contributed by atoms with Crippen molar-refractivity contribution < 1.29 is 19.8 Å². The average Bonchev–Trinajstić information content (AvgIpc) is 2.27. The lowest BCUT2D eigenvalue weighted by molar-refractivity contribution is -0.141. The molecule has 0 saturated carbocycles. The number of benzene rings is 1. The summed E-state index contributed by atoms with van der Waals surface area (Å²) in [6.45, 7) is 1.38. The van der Waals surface area contributed by atoms with Gasteiger partial charge in [0.25, 0.3) is 0 Å². The molecule has 92 valence electrons. The highest BCUT2D eigenvalue weighted by Gasteiger charge is 2.23. The Morgan fingerprint density at radius 2 is 1.82 bits per heavy atom. The van der Waals surface area contributed by atoms with Crippen LogP contribution in [0.25, 0.3) is 0 Å². The molecule has 0 unspecified atom stereocenters. The summed E-state index contributed by atoms with van der Waals surface area (Å²) in [5.41, 5.74) is 6.24. The van der Waals surface area contributed by atoms with Gasteiger partial charge in [-0.2, -0.15) is 0 Å². The Morgan fingerprint density at radius 3 is 2.24 bits per heavy atom. The van der Waals surface area contributed by atoms with Crippen LogP contribution < -0.4 is 11.1 Å². The van der Waals surface area contributed by atoms with E-state index in [4.69, 9.17) is 10.8 Å². The minimum atomic E-state index is -1.37. The summed E-state index contributed by atoms with van der Waals surface area (Å²) < 4.78 is 0. The zero-order chi connectivity index (χ0) is 13.0. The molecule has 0 bridgehead atoms. The largest absolute Gasteiger partial charge is 0.480 e. The molecule has 1 amide bonds. The standard InChI is InChI=1S/C11H14N2O4/c1-6(14)13-8-4-2-7(3-5-8)10(15)9(12)11(16)17/h2-5,9-10,15H,12H2,1H3,(H,13,14)(H,16,17)/t9-,10-/m0/s1. The quantitative estimate of drug-likeness (QED) is 0.593. The van der Waals surface area contributed by atoms with E-state index in [1.54, 1.807) is 12.1 Å². The number of nitrogens with one attached hydrogen (secondary N) is 1. The predicted octanol–water partition coefficient (Wildman–Crippen LogP) is 0.0903. The summed E-state index contributed by atoms with van der Waals surface area (Å²) in [6, 6.07) is 4.78. The second-order valence-corrected chi connectivity index (χ2v) is 3.61. The summed E-state index contributed by atoms with van der Waals surface area (Å²) in [5, 5.41) is 20.8. The molecule has 0 saturated heterocycles. The highest BCUT2D eigenvalue weighted by molar-refractivity contribution is 5.88. The molecule has 5 N–H and O–H groups in total. The van der Waals surface area contributed by atoms with Gasteiger partial charge in [-0.3, -0.25) is 9.59 Å². The van der Waals surface area contributed by atoms with Crippen molar-refractivity contribution in [1.82, 2.24) is 0 Å². The van der Waals surface area contributed by atoms with Crippen LogP contribution in [0.5, 0.6) is 0 Å². The first-order valence-corrected chi connectivity index (χ1v) is 4.96. The van der Waals surface area contributed by atoms with Crippen molar-refractivity contribution in [2.75, 3.05) is 5.32 Å². The van der Waals surface area contributed by atoms with Crippen molar-refractivity contribution in [1.29, 1.82) is 0 Å². The Bertz CT molecular complexity index is 416.